The van der Waals surface area contributed by atoms with Crippen molar-refractivity contribution in [3.8, 4) is 0 Å². The molecule has 2 unspecified atom stereocenters. The maximum atomic E-state index is 10.9. The lowest BCUT2D eigenvalue weighted by atomic mass is 9.93. The van der Waals surface area contributed by atoms with Crippen LogP contribution in [-0.2, 0) is 6.42 Å². The first-order valence-corrected chi connectivity index (χ1v) is 11.2. The van der Waals surface area contributed by atoms with Crippen LogP contribution < -0.4 is 0 Å². The molecule has 0 aromatic heterocycles. The Labute approximate surface area is 194 Å². The molecule has 0 saturated heterocycles. The monoisotopic (exact) mass is 434 g/mol. The van der Waals surface area contributed by atoms with Crippen molar-refractivity contribution in [3.05, 3.63) is 119 Å². The highest BCUT2D eigenvalue weighted by Gasteiger charge is 2.23. The molecule has 4 nitrogen and oxygen atoms in total. The van der Waals surface area contributed by atoms with Crippen LogP contribution in [0.5, 0.6) is 0 Å². The second-order valence-corrected chi connectivity index (χ2v) is 8.39. The Morgan fingerprint density at radius 2 is 1.18 bits per heavy atom. The first-order valence-electron chi connectivity index (χ1n) is 11.2. The lowest BCUT2D eigenvalue weighted by Crippen LogP contribution is -2.22. The smallest absolute Gasteiger partial charge is 0.121 e. The molecule has 164 valence electrons. The summed E-state index contributed by atoms with van der Waals surface area (Å²) in [4.78, 5) is 9.69. The van der Waals surface area contributed by atoms with Crippen molar-refractivity contribution in [3.63, 3.8) is 0 Å². The largest absolute Gasteiger partial charge is 0.382 e. The molecular weight excluding hydrogens is 408 g/mol. The van der Waals surface area contributed by atoms with Crippen LogP contribution in [0, 0.1) is 0 Å². The van der Waals surface area contributed by atoms with Gasteiger partial charge in [-0.2, -0.15) is 0 Å². The van der Waals surface area contributed by atoms with Crippen LogP contribution >= 0.6 is 0 Å². The number of hydrogen-bond donors (Lipinski definition) is 2. The number of aliphatic imine (C=N–C) groups is 2. The van der Waals surface area contributed by atoms with E-state index in [0.717, 1.165) is 27.8 Å². The van der Waals surface area contributed by atoms with E-state index in [0.29, 0.717) is 24.4 Å². The topological polar surface area (TPSA) is 65.2 Å². The number of benzene rings is 3. The van der Waals surface area contributed by atoms with Crippen molar-refractivity contribution < 1.29 is 10.2 Å². The molecule has 0 aliphatic heterocycles. The van der Waals surface area contributed by atoms with E-state index < -0.39 is 12.2 Å². The van der Waals surface area contributed by atoms with Crippen LogP contribution in [0.2, 0.25) is 0 Å². The van der Waals surface area contributed by atoms with Gasteiger partial charge in [0.05, 0.1) is 24.0 Å². The second kappa shape index (κ2) is 9.49. The van der Waals surface area contributed by atoms with E-state index in [2.05, 4.69) is 12.1 Å². The molecule has 4 heteroatoms. The summed E-state index contributed by atoms with van der Waals surface area (Å²) < 4.78 is 0. The summed E-state index contributed by atoms with van der Waals surface area (Å²) in [6.45, 7) is 0.416. The maximum Gasteiger partial charge on any atom is 0.121 e. The van der Waals surface area contributed by atoms with Crippen molar-refractivity contribution in [1.29, 1.82) is 0 Å². The predicted octanol–water partition coefficient (Wildman–Crippen LogP) is 5.00. The fraction of sp³-hybridized carbons (Fsp3) is 0.172. The van der Waals surface area contributed by atoms with Gasteiger partial charge in [-0.1, -0.05) is 91.0 Å². The number of hydrogen-bond acceptors (Lipinski definition) is 4. The first kappa shape index (κ1) is 21.3. The molecule has 2 aliphatic rings. The van der Waals surface area contributed by atoms with E-state index >= 15 is 0 Å². The van der Waals surface area contributed by atoms with Gasteiger partial charge in [0.15, 0.2) is 0 Å². The molecular formula is C29H26N2O2. The summed E-state index contributed by atoms with van der Waals surface area (Å²) in [6, 6.07) is 25.7. The van der Waals surface area contributed by atoms with Crippen LogP contribution in [0.25, 0.3) is 12.2 Å². The van der Waals surface area contributed by atoms with E-state index in [9.17, 15) is 10.2 Å². The molecule has 3 aromatic carbocycles. The van der Waals surface area contributed by atoms with E-state index in [1.165, 1.54) is 0 Å². The van der Waals surface area contributed by atoms with Crippen LogP contribution in [0.1, 0.15) is 40.0 Å². The Balaban J connectivity index is 1.43. The Kier molecular flexibility index (Phi) is 6.11. The average Bonchev–Trinajstić information content (AvgIpc) is 2.86. The fourth-order valence-electron chi connectivity index (χ4n) is 4.39. The summed E-state index contributed by atoms with van der Waals surface area (Å²) in [5.74, 6) is 0. The zero-order valence-corrected chi connectivity index (χ0v) is 18.3. The van der Waals surface area contributed by atoms with E-state index in [-0.39, 0.29) is 6.04 Å². The molecule has 3 aromatic rings. The summed E-state index contributed by atoms with van der Waals surface area (Å²) in [5.41, 5.74) is 6.19. The third kappa shape index (κ3) is 4.63. The number of aliphatic hydroxyl groups is 2. The van der Waals surface area contributed by atoms with Gasteiger partial charge >= 0.3 is 0 Å². The minimum Gasteiger partial charge on any atom is -0.382 e. The van der Waals surface area contributed by atoms with Crippen LogP contribution in [0.15, 0.2) is 101 Å². The molecule has 0 spiro atoms. The van der Waals surface area contributed by atoms with E-state index in [4.69, 9.17) is 9.98 Å². The minimum absolute atomic E-state index is 0.169. The molecule has 0 fully saturated rings. The summed E-state index contributed by atoms with van der Waals surface area (Å²) in [6.07, 6.45) is 6.95. The van der Waals surface area contributed by atoms with Gasteiger partial charge in [-0.25, -0.2) is 0 Å². The zero-order valence-electron chi connectivity index (χ0n) is 18.3. The predicted molar refractivity (Wildman–Crippen MR) is 135 cm³/mol. The van der Waals surface area contributed by atoms with Gasteiger partial charge in [0, 0.05) is 0 Å². The lowest BCUT2D eigenvalue weighted by molar-refractivity contribution is 0.246. The normalized spacial score (nSPS) is 22.2. The number of fused-ring (bicyclic) bond motifs is 2. The highest BCUT2D eigenvalue weighted by atomic mass is 16.3. The summed E-state index contributed by atoms with van der Waals surface area (Å²) in [7, 11) is 0. The zero-order chi connectivity index (χ0) is 22.6. The molecule has 0 heterocycles. The molecule has 0 saturated carbocycles. The molecule has 2 aliphatic carbocycles. The molecule has 0 radical (unpaired) electrons. The highest BCUT2D eigenvalue weighted by Crippen LogP contribution is 2.28. The molecule has 0 bridgehead atoms. The number of rotatable bonds is 5. The van der Waals surface area contributed by atoms with Gasteiger partial charge < -0.3 is 10.2 Å². The highest BCUT2D eigenvalue weighted by molar-refractivity contribution is 6.05. The molecule has 33 heavy (non-hydrogen) atoms. The van der Waals surface area contributed by atoms with Crippen molar-refractivity contribution in [1.82, 2.24) is 0 Å². The maximum absolute atomic E-state index is 10.9. The average molecular weight is 435 g/mol. The van der Waals surface area contributed by atoms with Crippen molar-refractivity contribution >= 4 is 23.6 Å². The third-order valence-corrected chi connectivity index (χ3v) is 6.14. The Morgan fingerprint density at radius 3 is 1.85 bits per heavy atom. The van der Waals surface area contributed by atoms with Crippen LogP contribution in [0.3, 0.4) is 0 Å². The van der Waals surface area contributed by atoms with Crippen molar-refractivity contribution in [2.75, 3.05) is 6.54 Å². The molecule has 0 amide bonds. The second-order valence-electron chi connectivity index (χ2n) is 8.39. The summed E-state index contributed by atoms with van der Waals surface area (Å²) in [5, 5.41) is 21.8. The van der Waals surface area contributed by atoms with Crippen LogP contribution in [0.4, 0.5) is 0 Å². The van der Waals surface area contributed by atoms with E-state index in [1.807, 2.05) is 91.0 Å². The van der Waals surface area contributed by atoms with Gasteiger partial charge in [-0.15, -0.1) is 0 Å². The first-order chi connectivity index (χ1) is 16.2. The van der Waals surface area contributed by atoms with Gasteiger partial charge in [0.2, 0.25) is 0 Å². The quantitative estimate of drug-likeness (QED) is 0.593. The number of aliphatic hydroxyl groups excluding tert-OH is 2. The van der Waals surface area contributed by atoms with Gasteiger partial charge in [-0.05, 0) is 46.4 Å². The Hall–Kier alpha value is -3.60. The third-order valence-electron chi connectivity index (χ3n) is 6.14. The van der Waals surface area contributed by atoms with Crippen molar-refractivity contribution in [2.45, 2.75) is 24.7 Å². The van der Waals surface area contributed by atoms with Gasteiger partial charge in [0.25, 0.3) is 0 Å². The number of nitrogens with zero attached hydrogens (tertiary/aromatic N) is 2. The van der Waals surface area contributed by atoms with Gasteiger partial charge in [0.1, 0.15) is 12.2 Å². The lowest BCUT2D eigenvalue weighted by Gasteiger charge is -2.22. The standard InChI is InChI=1S/C29H26N2O2/c32-28-24-12-6-4-10-21(24)14-16-26(28)30-19-23(18-20-8-2-1-3-9-20)31-27-17-15-22-11-5-7-13-25(22)29(27)33/h1-17,23,28-29,32-33H,18-19H2/t23-,28?,29?/m0/s1. The molecule has 2 N–H and O–H groups in total. The van der Waals surface area contributed by atoms with Gasteiger partial charge in [-0.3, -0.25) is 9.98 Å². The Morgan fingerprint density at radius 1 is 0.636 bits per heavy atom. The Bertz CT molecular complexity index is 1260. The van der Waals surface area contributed by atoms with Crippen molar-refractivity contribution in [2.24, 2.45) is 9.98 Å². The molecule has 3 atom stereocenters. The van der Waals surface area contributed by atoms with Crippen LogP contribution in [-0.4, -0.2) is 34.2 Å². The van der Waals surface area contributed by atoms with E-state index in [1.54, 1.807) is 0 Å². The fourth-order valence-corrected chi connectivity index (χ4v) is 4.39. The molecule has 5 rings (SSSR count). The SMILES string of the molecule is OC1C(=NC[C@H](Cc2ccccc2)N=C2C=Cc3ccccc3C2O)C=Cc2ccccc21. The minimum atomic E-state index is -0.760. The summed E-state index contributed by atoms with van der Waals surface area (Å²) >= 11 is 0.